The Bertz CT molecular complexity index is 398. The van der Waals surface area contributed by atoms with Gasteiger partial charge in [0.1, 0.15) is 6.10 Å². The highest BCUT2D eigenvalue weighted by Gasteiger charge is 2.17. The molecule has 0 heterocycles. The van der Waals surface area contributed by atoms with Crippen LogP contribution in [-0.2, 0) is 14.3 Å². The second-order valence-electron chi connectivity index (χ2n) is 3.33. The van der Waals surface area contributed by atoms with E-state index in [2.05, 4.69) is 4.74 Å². The molecule has 0 amide bonds. The van der Waals surface area contributed by atoms with Gasteiger partial charge in [-0.3, -0.25) is 4.79 Å². The summed E-state index contributed by atoms with van der Waals surface area (Å²) in [6.07, 6.45) is -0.465. The maximum Gasteiger partial charge on any atom is 0.338 e. The average molecular weight is 222 g/mol. The Morgan fingerprint density at radius 1 is 1.25 bits per heavy atom. The van der Waals surface area contributed by atoms with Crippen LogP contribution in [-0.4, -0.2) is 19.0 Å². The van der Waals surface area contributed by atoms with Gasteiger partial charge in [0.25, 0.3) is 0 Å². The second kappa shape index (κ2) is 5.30. The summed E-state index contributed by atoms with van der Waals surface area (Å²) in [6.45, 7) is 3.04. The summed E-state index contributed by atoms with van der Waals surface area (Å²) < 4.78 is 9.68. The first kappa shape index (κ1) is 12.2. The molecule has 16 heavy (non-hydrogen) atoms. The van der Waals surface area contributed by atoms with Gasteiger partial charge in [-0.15, -0.1) is 0 Å². The van der Waals surface area contributed by atoms with E-state index >= 15 is 0 Å². The molecule has 0 fully saturated rings. The maximum absolute atomic E-state index is 11.5. The summed E-state index contributed by atoms with van der Waals surface area (Å²) in [5.41, 5.74) is 1.06. The molecule has 1 atom stereocenters. The van der Waals surface area contributed by atoms with Gasteiger partial charge in [0.15, 0.2) is 0 Å². The third-order valence-electron chi connectivity index (χ3n) is 2.15. The van der Waals surface area contributed by atoms with Crippen molar-refractivity contribution in [2.24, 2.45) is 0 Å². The SMILES string of the molecule is COC(=O)c1ccccc1C(C)OC(C)=O. The molecule has 1 rings (SSSR count). The zero-order chi connectivity index (χ0) is 12.1. The van der Waals surface area contributed by atoms with Crippen molar-refractivity contribution in [2.75, 3.05) is 7.11 Å². The fourth-order valence-corrected chi connectivity index (χ4v) is 1.46. The van der Waals surface area contributed by atoms with Gasteiger partial charge in [0.2, 0.25) is 0 Å². The number of carbonyl (C=O) groups excluding carboxylic acids is 2. The highest BCUT2D eigenvalue weighted by molar-refractivity contribution is 5.91. The molecule has 1 unspecified atom stereocenters. The van der Waals surface area contributed by atoms with Crippen LogP contribution in [0.2, 0.25) is 0 Å². The molecule has 0 aliphatic rings. The van der Waals surface area contributed by atoms with Crippen LogP contribution in [0.3, 0.4) is 0 Å². The molecule has 4 nitrogen and oxygen atoms in total. The second-order valence-corrected chi connectivity index (χ2v) is 3.33. The van der Waals surface area contributed by atoms with Gasteiger partial charge in [0.05, 0.1) is 12.7 Å². The van der Waals surface area contributed by atoms with Gasteiger partial charge < -0.3 is 9.47 Å². The van der Waals surface area contributed by atoms with Crippen LogP contribution in [0.5, 0.6) is 0 Å². The summed E-state index contributed by atoms with van der Waals surface area (Å²) in [5, 5.41) is 0. The number of ether oxygens (including phenoxy) is 2. The monoisotopic (exact) mass is 222 g/mol. The molecule has 0 saturated carbocycles. The fraction of sp³-hybridized carbons (Fsp3) is 0.333. The van der Waals surface area contributed by atoms with Gasteiger partial charge in [-0.2, -0.15) is 0 Å². The smallest absolute Gasteiger partial charge is 0.338 e. The van der Waals surface area contributed by atoms with E-state index in [1.807, 2.05) is 0 Å². The predicted octanol–water partition coefficient (Wildman–Crippen LogP) is 2.10. The molecule has 0 aliphatic carbocycles. The molecule has 86 valence electrons. The number of hydrogen-bond donors (Lipinski definition) is 0. The first-order chi connectivity index (χ1) is 7.56. The molecule has 0 saturated heterocycles. The summed E-state index contributed by atoms with van der Waals surface area (Å²) >= 11 is 0. The first-order valence-electron chi connectivity index (χ1n) is 4.90. The number of hydrogen-bond acceptors (Lipinski definition) is 4. The van der Waals surface area contributed by atoms with E-state index in [-0.39, 0.29) is 5.97 Å². The fourth-order valence-electron chi connectivity index (χ4n) is 1.46. The minimum atomic E-state index is -0.465. The molecule has 1 aromatic carbocycles. The minimum Gasteiger partial charge on any atom is -0.465 e. The van der Waals surface area contributed by atoms with Crippen molar-refractivity contribution < 1.29 is 19.1 Å². The van der Waals surface area contributed by atoms with Crippen molar-refractivity contribution in [1.29, 1.82) is 0 Å². The lowest BCUT2D eigenvalue weighted by molar-refractivity contribution is -0.145. The van der Waals surface area contributed by atoms with Gasteiger partial charge in [-0.1, -0.05) is 18.2 Å². The van der Waals surface area contributed by atoms with E-state index in [0.717, 1.165) is 0 Å². The molecule has 0 N–H and O–H groups in total. The van der Waals surface area contributed by atoms with Crippen molar-refractivity contribution in [2.45, 2.75) is 20.0 Å². The van der Waals surface area contributed by atoms with E-state index in [0.29, 0.717) is 11.1 Å². The van der Waals surface area contributed by atoms with Gasteiger partial charge in [0, 0.05) is 12.5 Å². The van der Waals surface area contributed by atoms with Gasteiger partial charge in [-0.25, -0.2) is 4.79 Å². The van der Waals surface area contributed by atoms with Crippen LogP contribution >= 0.6 is 0 Å². The molecule has 0 aliphatic heterocycles. The molecule has 0 spiro atoms. The standard InChI is InChI=1S/C12H14O4/c1-8(16-9(2)13)10-6-4-5-7-11(10)12(14)15-3/h4-8H,1-3H3. The summed E-state index contributed by atoms with van der Waals surface area (Å²) in [5.74, 6) is -0.818. The lowest BCUT2D eigenvalue weighted by Gasteiger charge is -2.15. The van der Waals surface area contributed by atoms with Crippen molar-refractivity contribution in [3.63, 3.8) is 0 Å². The summed E-state index contributed by atoms with van der Waals surface area (Å²) in [6, 6.07) is 6.89. The lowest BCUT2D eigenvalue weighted by Crippen LogP contribution is -2.11. The van der Waals surface area contributed by atoms with E-state index in [4.69, 9.17) is 4.74 Å². The maximum atomic E-state index is 11.5. The van der Waals surface area contributed by atoms with Crippen LogP contribution in [0.25, 0.3) is 0 Å². The Balaban J connectivity index is 3.03. The highest BCUT2D eigenvalue weighted by Crippen LogP contribution is 2.21. The van der Waals surface area contributed by atoms with Crippen molar-refractivity contribution in [3.05, 3.63) is 35.4 Å². The Morgan fingerprint density at radius 2 is 1.88 bits per heavy atom. The Morgan fingerprint density at radius 3 is 2.44 bits per heavy atom. The van der Waals surface area contributed by atoms with Crippen LogP contribution in [0.4, 0.5) is 0 Å². The van der Waals surface area contributed by atoms with E-state index < -0.39 is 12.1 Å². The van der Waals surface area contributed by atoms with Crippen LogP contribution in [0, 0.1) is 0 Å². The predicted molar refractivity (Wildman–Crippen MR) is 58.0 cm³/mol. The molecular weight excluding hydrogens is 208 g/mol. The van der Waals surface area contributed by atoms with Crippen LogP contribution in [0.15, 0.2) is 24.3 Å². The van der Waals surface area contributed by atoms with E-state index in [1.165, 1.54) is 14.0 Å². The Kier molecular flexibility index (Phi) is 4.05. The highest BCUT2D eigenvalue weighted by atomic mass is 16.5. The lowest BCUT2D eigenvalue weighted by atomic mass is 10.0. The third-order valence-corrected chi connectivity index (χ3v) is 2.15. The normalized spacial score (nSPS) is 11.7. The number of benzene rings is 1. The molecule has 4 heteroatoms. The molecule has 0 aromatic heterocycles. The number of rotatable bonds is 3. The van der Waals surface area contributed by atoms with Crippen molar-refractivity contribution >= 4 is 11.9 Å². The minimum absolute atomic E-state index is 0.382. The molecule has 1 aromatic rings. The molecular formula is C12H14O4. The third kappa shape index (κ3) is 2.82. The number of methoxy groups -OCH3 is 1. The van der Waals surface area contributed by atoms with E-state index in [1.54, 1.807) is 31.2 Å². The number of esters is 2. The van der Waals surface area contributed by atoms with Crippen LogP contribution in [0.1, 0.15) is 35.9 Å². The summed E-state index contributed by atoms with van der Waals surface area (Å²) in [7, 11) is 1.32. The van der Waals surface area contributed by atoms with Crippen molar-refractivity contribution in [3.8, 4) is 0 Å². The van der Waals surface area contributed by atoms with Crippen molar-refractivity contribution in [1.82, 2.24) is 0 Å². The van der Waals surface area contributed by atoms with Crippen LogP contribution < -0.4 is 0 Å². The largest absolute Gasteiger partial charge is 0.465 e. The first-order valence-corrected chi connectivity index (χ1v) is 4.90. The topological polar surface area (TPSA) is 52.6 Å². The number of carbonyl (C=O) groups is 2. The average Bonchev–Trinajstić information content (AvgIpc) is 2.27. The zero-order valence-electron chi connectivity index (χ0n) is 9.52. The van der Waals surface area contributed by atoms with E-state index in [9.17, 15) is 9.59 Å². The van der Waals surface area contributed by atoms with Gasteiger partial charge in [-0.05, 0) is 13.0 Å². The zero-order valence-corrected chi connectivity index (χ0v) is 9.52. The molecule has 0 bridgehead atoms. The van der Waals surface area contributed by atoms with Gasteiger partial charge >= 0.3 is 11.9 Å². The molecule has 0 radical (unpaired) electrons. The Labute approximate surface area is 94.2 Å². The quantitative estimate of drug-likeness (QED) is 0.735. The Hall–Kier alpha value is -1.84. The summed E-state index contributed by atoms with van der Waals surface area (Å²) in [4.78, 5) is 22.3.